The first-order chi connectivity index (χ1) is 21.6. The molecule has 0 spiro atoms. The molecular weight excluding hydrogens is 586 g/mol. The molecule has 0 radical (unpaired) electrons. The van der Waals surface area contributed by atoms with E-state index in [1.165, 1.54) is 12.1 Å². The highest BCUT2D eigenvalue weighted by molar-refractivity contribution is 5.91. The lowest BCUT2D eigenvalue weighted by Gasteiger charge is -2.24. The van der Waals surface area contributed by atoms with E-state index in [2.05, 4.69) is 16.0 Å². The van der Waals surface area contributed by atoms with Gasteiger partial charge in [-0.25, -0.2) is 14.4 Å². The van der Waals surface area contributed by atoms with Gasteiger partial charge in [-0.05, 0) is 36.1 Å². The van der Waals surface area contributed by atoms with Crippen LogP contribution in [0.5, 0.6) is 11.5 Å². The van der Waals surface area contributed by atoms with E-state index in [9.17, 15) is 24.0 Å². The summed E-state index contributed by atoms with van der Waals surface area (Å²) in [6, 6.07) is 11.3. The number of nitrogens with one attached hydrogen (secondary N) is 3. The molecule has 0 aliphatic carbocycles. The summed E-state index contributed by atoms with van der Waals surface area (Å²) in [5.41, 5.74) is 1.25. The molecule has 13 heteroatoms. The molecule has 0 aromatic heterocycles. The Bertz CT molecular complexity index is 1260. The van der Waals surface area contributed by atoms with Gasteiger partial charge in [0.1, 0.15) is 12.1 Å². The minimum absolute atomic E-state index is 0.000660. The molecular formula is C32H43N3O10. The van der Waals surface area contributed by atoms with Crippen molar-refractivity contribution in [3.63, 3.8) is 0 Å². The maximum atomic E-state index is 13.6. The number of carbonyl (C=O) groups is 5. The largest absolute Gasteiger partial charge is 0.479 e. The zero-order valence-corrected chi connectivity index (χ0v) is 25.7. The normalized spacial score (nSPS) is 11.9. The van der Waals surface area contributed by atoms with Crippen molar-refractivity contribution in [3.05, 3.63) is 59.7 Å². The van der Waals surface area contributed by atoms with E-state index in [0.717, 1.165) is 31.2 Å². The molecule has 0 heterocycles. The van der Waals surface area contributed by atoms with Crippen LogP contribution in [0.2, 0.25) is 0 Å². The molecule has 3 amide bonds. The van der Waals surface area contributed by atoms with E-state index in [-0.39, 0.29) is 30.9 Å². The number of rotatable bonds is 21. The summed E-state index contributed by atoms with van der Waals surface area (Å²) < 4.78 is 15.7. The van der Waals surface area contributed by atoms with Crippen molar-refractivity contribution >= 4 is 29.8 Å². The fraction of sp³-hybridized carbons (Fsp3) is 0.469. The molecule has 0 bridgehead atoms. The second-order valence-corrected chi connectivity index (χ2v) is 10.3. The van der Waals surface area contributed by atoms with Gasteiger partial charge in [0.05, 0.1) is 6.61 Å². The first-order valence-electron chi connectivity index (χ1n) is 15.0. The smallest absolute Gasteiger partial charge is 0.407 e. The quantitative estimate of drug-likeness (QED) is 0.128. The van der Waals surface area contributed by atoms with Crippen molar-refractivity contribution < 1.29 is 48.4 Å². The van der Waals surface area contributed by atoms with Crippen molar-refractivity contribution in [2.45, 2.75) is 70.9 Å². The zero-order chi connectivity index (χ0) is 33.0. The number of aliphatic carboxylic acids is 2. The summed E-state index contributed by atoms with van der Waals surface area (Å²) in [5, 5.41) is 26.3. The Morgan fingerprint density at radius 3 is 1.98 bits per heavy atom. The number of carboxylic acids is 2. The molecule has 13 nitrogen and oxygen atoms in total. The second-order valence-electron chi connectivity index (χ2n) is 10.3. The lowest BCUT2D eigenvalue weighted by molar-refractivity contribution is -0.140. The number of carboxylic acid groups (broad SMARTS) is 2. The van der Waals surface area contributed by atoms with Crippen LogP contribution in [0, 0.1) is 0 Å². The van der Waals surface area contributed by atoms with Gasteiger partial charge < -0.3 is 40.4 Å². The lowest BCUT2D eigenvalue weighted by Crippen LogP contribution is -2.55. The number of amides is 3. The predicted molar refractivity (Wildman–Crippen MR) is 164 cm³/mol. The van der Waals surface area contributed by atoms with Crippen LogP contribution in [0.25, 0.3) is 0 Å². The van der Waals surface area contributed by atoms with E-state index in [1.54, 1.807) is 6.07 Å². The molecule has 0 saturated heterocycles. The van der Waals surface area contributed by atoms with Crippen LogP contribution < -0.4 is 25.4 Å². The molecule has 2 aromatic carbocycles. The predicted octanol–water partition coefficient (Wildman–Crippen LogP) is 3.08. The highest BCUT2D eigenvalue weighted by Crippen LogP contribution is 2.29. The molecule has 2 unspecified atom stereocenters. The van der Waals surface area contributed by atoms with Crippen molar-refractivity contribution in [1.29, 1.82) is 0 Å². The van der Waals surface area contributed by atoms with Crippen LogP contribution in [-0.2, 0) is 36.8 Å². The van der Waals surface area contributed by atoms with Gasteiger partial charge in [-0.1, -0.05) is 69.5 Å². The standard InChI is InChI=1S/C32H43N3O10/c1-3-5-10-15-33-30(40)24(18-23-13-14-26(44-20-28(36)37)27(19-23)45-21-29(38)39)34-31(41)25(17-22-11-8-7-9-12-22)35-32(42)43-16-6-4-2/h7-9,11-14,19,24-25H,3-6,10,15-18,20-21H2,1-2H3,(H,33,40)(H,34,41)(H,35,42)(H,36,37)(H,38,39). The van der Waals surface area contributed by atoms with Gasteiger partial charge in [0.25, 0.3) is 0 Å². The summed E-state index contributed by atoms with van der Waals surface area (Å²) in [6.45, 7) is 3.18. The maximum Gasteiger partial charge on any atom is 0.407 e. The third-order valence-corrected chi connectivity index (χ3v) is 6.49. The molecule has 2 aromatic rings. The molecule has 246 valence electrons. The SMILES string of the molecule is CCCCCNC(=O)C(Cc1ccc(OCC(=O)O)c(OCC(=O)O)c1)NC(=O)C(Cc1ccccc1)NC(=O)OCCCC. The van der Waals surface area contributed by atoms with Gasteiger partial charge in [-0.2, -0.15) is 0 Å². The summed E-state index contributed by atoms with van der Waals surface area (Å²) in [6.07, 6.45) is 3.45. The number of unbranched alkanes of at least 4 members (excludes halogenated alkanes) is 3. The maximum absolute atomic E-state index is 13.6. The number of alkyl carbamates (subject to hydrolysis) is 1. The van der Waals surface area contributed by atoms with Crippen molar-refractivity contribution in [1.82, 2.24) is 16.0 Å². The summed E-state index contributed by atoms with van der Waals surface area (Å²) >= 11 is 0. The third-order valence-electron chi connectivity index (χ3n) is 6.49. The summed E-state index contributed by atoms with van der Waals surface area (Å²) in [5.74, 6) is -3.60. The molecule has 2 atom stereocenters. The molecule has 0 saturated carbocycles. The number of hydrogen-bond donors (Lipinski definition) is 5. The van der Waals surface area contributed by atoms with Gasteiger partial charge in [0.15, 0.2) is 24.7 Å². The van der Waals surface area contributed by atoms with Crippen LogP contribution in [0.15, 0.2) is 48.5 Å². The minimum atomic E-state index is -1.26. The van der Waals surface area contributed by atoms with Crippen molar-refractivity contribution in [2.24, 2.45) is 0 Å². The third kappa shape index (κ3) is 14.5. The van der Waals surface area contributed by atoms with Gasteiger partial charge in [-0.15, -0.1) is 0 Å². The highest BCUT2D eigenvalue weighted by atomic mass is 16.6. The fourth-order valence-electron chi connectivity index (χ4n) is 4.17. The monoisotopic (exact) mass is 629 g/mol. The van der Waals surface area contributed by atoms with Crippen LogP contribution in [-0.4, -0.2) is 78.5 Å². The van der Waals surface area contributed by atoms with Crippen LogP contribution in [0.4, 0.5) is 4.79 Å². The Morgan fingerprint density at radius 1 is 0.711 bits per heavy atom. The molecule has 0 fully saturated rings. The van der Waals surface area contributed by atoms with Crippen molar-refractivity contribution in [2.75, 3.05) is 26.4 Å². The summed E-state index contributed by atoms with van der Waals surface area (Å²) in [4.78, 5) is 61.6. The molecule has 45 heavy (non-hydrogen) atoms. The van der Waals surface area contributed by atoms with E-state index >= 15 is 0 Å². The van der Waals surface area contributed by atoms with Crippen molar-refractivity contribution in [3.8, 4) is 11.5 Å². The van der Waals surface area contributed by atoms with Gasteiger partial charge >= 0.3 is 18.0 Å². The number of hydrogen-bond acceptors (Lipinski definition) is 8. The van der Waals surface area contributed by atoms with E-state index in [0.29, 0.717) is 18.5 Å². The second kappa shape index (κ2) is 20.2. The first kappa shape index (κ1) is 36.4. The topological polar surface area (TPSA) is 190 Å². The number of carbonyl (C=O) groups excluding carboxylic acids is 3. The molecule has 0 aliphatic heterocycles. The lowest BCUT2D eigenvalue weighted by atomic mass is 10.0. The van der Waals surface area contributed by atoms with E-state index in [1.807, 2.05) is 44.2 Å². The Hall–Kier alpha value is -4.81. The Labute approximate surface area is 262 Å². The fourth-order valence-corrected chi connectivity index (χ4v) is 4.17. The first-order valence-corrected chi connectivity index (χ1v) is 15.0. The zero-order valence-electron chi connectivity index (χ0n) is 25.7. The Balaban J connectivity index is 2.32. The summed E-state index contributed by atoms with van der Waals surface area (Å²) in [7, 11) is 0. The molecule has 0 aliphatic rings. The van der Waals surface area contributed by atoms with Crippen LogP contribution >= 0.6 is 0 Å². The molecule has 5 N–H and O–H groups in total. The number of ether oxygens (including phenoxy) is 3. The Kier molecular flexibility index (Phi) is 16.3. The highest BCUT2D eigenvalue weighted by Gasteiger charge is 2.28. The average molecular weight is 630 g/mol. The van der Waals surface area contributed by atoms with Gasteiger partial charge in [-0.3, -0.25) is 9.59 Å². The minimum Gasteiger partial charge on any atom is -0.479 e. The van der Waals surface area contributed by atoms with Crippen LogP contribution in [0.1, 0.15) is 57.1 Å². The van der Waals surface area contributed by atoms with Gasteiger partial charge in [0, 0.05) is 19.4 Å². The van der Waals surface area contributed by atoms with E-state index in [4.69, 9.17) is 24.4 Å². The van der Waals surface area contributed by atoms with E-state index < -0.39 is 55.1 Å². The number of benzene rings is 2. The average Bonchev–Trinajstić information content (AvgIpc) is 3.01. The molecule has 2 rings (SSSR count). The van der Waals surface area contributed by atoms with Gasteiger partial charge in [0.2, 0.25) is 11.8 Å². The van der Waals surface area contributed by atoms with Crippen LogP contribution in [0.3, 0.4) is 0 Å². The Morgan fingerprint density at radius 2 is 1.33 bits per heavy atom.